The van der Waals surface area contributed by atoms with E-state index in [1.165, 1.54) is 14.2 Å². The molecule has 1 rings (SSSR count). The van der Waals surface area contributed by atoms with Gasteiger partial charge in [-0.05, 0) is 12.1 Å². The lowest BCUT2D eigenvalue weighted by Crippen LogP contribution is -2.23. The monoisotopic (exact) mass is 297 g/mol. The third-order valence-corrected chi connectivity index (χ3v) is 2.37. The molecule has 1 aromatic rings. The number of esters is 1. The molecule has 0 aliphatic carbocycles. The van der Waals surface area contributed by atoms with Crippen molar-refractivity contribution in [2.24, 2.45) is 0 Å². The van der Waals surface area contributed by atoms with Gasteiger partial charge in [-0.25, -0.2) is 4.79 Å². The smallest absolute Gasteiger partial charge is 0.332 e. The first-order valence-electron chi connectivity index (χ1n) is 6.32. The molecule has 0 radical (unpaired) electrons. The molecule has 7 heteroatoms. The van der Waals surface area contributed by atoms with E-state index in [0.29, 0.717) is 24.7 Å². The lowest BCUT2D eigenvalue weighted by atomic mass is 10.3. The Morgan fingerprint density at radius 3 is 2.67 bits per heavy atom. The largest absolute Gasteiger partial charge is 0.497 e. The molecular formula is C14H19NO6. The molecule has 1 amide bonds. The van der Waals surface area contributed by atoms with Crippen molar-refractivity contribution in [3.63, 3.8) is 0 Å². The van der Waals surface area contributed by atoms with E-state index in [1.54, 1.807) is 24.3 Å². The molecule has 1 aromatic carbocycles. The van der Waals surface area contributed by atoms with Crippen molar-refractivity contribution in [3.05, 3.63) is 24.3 Å². The van der Waals surface area contributed by atoms with Gasteiger partial charge in [0, 0.05) is 18.9 Å². The van der Waals surface area contributed by atoms with E-state index >= 15 is 0 Å². The SMILES string of the molecule is COCCOCC(=O)OCC(=O)Nc1cccc(OC)c1. The van der Waals surface area contributed by atoms with Crippen LogP contribution in [-0.4, -0.2) is 52.5 Å². The zero-order valence-electron chi connectivity index (χ0n) is 12.1. The molecule has 0 saturated heterocycles. The number of rotatable bonds is 9. The van der Waals surface area contributed by atoms with Crippen molar-refractivity contribution in [3.8, 4) is 5.75 Å². The predicted octanol–water partition coefficient (Wildman–Crippen LogP) is 0.840. The Hall–Kier alpha value is -2.12. The summed E-state index contributed by atoms with van der Waals surface area (Å²) in [5.41, 5.74) is 0.562. The maximum absolute atomic E-state index is 11.6. The summed E-state index contributed by atoms with van der Waals surface area (Å²) in [6.07, 6.45) is 0. The lowest BCUT2D eigenvalue weighted by molar-refractivity contribution is -0.152. The molecule has 0 spiro atoms. The van der Waals surface area contributed by atoms with Crippen molar-refractivity contribution in [2.75, 3.05) is 46.0 Å². The highest BCUT2D eigenvalue weighted by atomic mass is 16.6. The third-order valence-electron chi connectivity index (χ3n) is 2.37. The first kappa shape index (κ1) is 16.9. The maximum Gasteiger partial charge on any atom is 0.332 e. The van der Waals surface area contributed by atoms with Crippen LogP contribution in [0.4, 0.5) is 5.69 Å². The van der Waals surface area contributed by atoms with Crippen LogP contribution in [0.25, 0.3) is 0 Å². The number of amides is 1. The van der Waals surface area contributed by atoms with Gasteiger partial charge in [-0.2, -0.15) is 0 Å². The fraction of sp³-hybridized carbons (Fsp3) is 0.429. The first-order chi connectivity index (χ1) is 10.2. The molecule has 0 heterocycles. The minimum Gasteiger partial charge on any atom is -0.497 e. The minimum atomic E-state index is -0.605. The number of ether oxygens (including phenoxy) is 4. The van der Waals surface area contributed by atoms with E-state index in [2.05, 4.69) is 5.32 Å². The van der Waals surface area contributed by atoms with Crippen LogP contribution in [0.1, 0.15) is 0 Å². The van der Waals surface area contributed by atoms with Crippen LogP contribution in [0, 0.1) is 0 Å². The minimum absolute atomic E-state index is 0.213. The number of carbonyl (C=O) groups excluding carboxylic acids is 2. The normalized spacial score (nSPS) is 10.0. The van der Waals surface area contributed by atoms with E-state index in [9.17, 15) is 9.59 Å². The van der Waals surface area contributed by atoms with Crippen molar-refractivity contribution in [1.82, 2.24) is 0 Å². The zero-order valence-corrected chi connectivity index (χ0v) is 12.1. The van der Waals surface area contributed by atoms with Gasteiger partial charge in [0.2, 0.25) is 0 Å². The van der Waals surface area contributed by atoms with Crippen molar-refractivity contribution in [1.29, 1.82) is 0 Å². The summed E-state index contributed by atoms with van der Waals surface area (Å²) in [6.45, 7) is 0.102. The molecule has 21 heavy (non-hydrogen) atoms. The third kappa shape index (κ3) is 7.28. The van der Waals surface area contributed by atoms with Gasteiger partial charge in [0.05, 0.1) is 20.3 Å². The summed E-state index contributed by atoms with van der Waals surface area (Å²) in [6, 6.07) is 6.86. The van der Waals surface area contributed by atoms with Crippen LogP contribution in [-0.2, 0) is 23.8 Å². The van der Waals surface area contributed by atoms with Crippen LogP contribution >= 0.6 is 0 Å². The quantitative estimate of drug-likeness (QED) is 0.537. The van der Waals surface area contributed by atoms with Crippen molar-refractivity contribution < 1.29 is 28.5 Å². The summed E-state index contributed by atoms with van der Waals surface area (Å²) < 4.78 is 19.5. The van der Waals surface area contributed by atoms with Crippen LogP contribution in [0.3, 0.4) is 0 Å². The van der Waals surface area contributed by atoms with Crippen molar-refractivity contribution >= 4 is 17.6 Å². The number of hydrogen-bond donors (Lipinski definition) is 1. The van der Waals surface area contributed by atoms with E-state index < -0.39 is 11.9 Å². The van der Waals surface area contributed by atoms with Gasteiger partial charge < -0.3 is 24.3 Å². The number of carbonyl (C=O) groups is 2. The highest BCUT2D eigenvalue weighted by Crippen LogP contribution is 2.16. The van der Waals surface area contributed by atoms with E-state index in [-0.39, 0.29) is 13.2 Å². The Kier molecular flexibility index (Phi) is 7.85. The Morgan fingerprint density at radius 1 is 1.14 bits per heavy atom. The number of benzene rings is 1. The van der Waals surface area contributed by atoms with Crippen LogP contribution in [0.15, 0.2) is 24.3 Å². The summed E-state index contributed by atoms with van der Waals surface area (Å²) in [5, 5.41) is 2.59. The van der Waals surface area contributed by atoms with Gasteiger partial charge in [-0.15, -0.1) is 0 Å². The summed E-state index contributed by atoms with van der Waals surface area (Å²) in [4.78, 5) is 22.9. The Morgan fingerprint density at radius 2 is 1.95 bits per heavy atom. The molecule has 7 nitrogen and oxygen atoms in total. The van der Waals surface area contributed by atoms with Gasteiger partial charge in [0.25, 0.3) is 5.91 Å². The number of anilines is 1. The lowest BCUT2D eigenvalue weighted by Gasteiger charge is -2.08. The molecule has 1 N–H and O–H groups in total. The van der Waals surface area contributed by atoms with E-state index in [0.717, 1.165) is 0 Å². The number of methoxy groups -OCH3 is 2. The molecule has 0 aliphatic rings. The topological polar surface area (TPSA) is 83.1 Å². The average Bonchev–Trinajstić information content (AvgIpc) is 2.50. The second-order valence-electron chi connectivity index (χ2n) is 3.99. The van der Waals surface area contributed by atoms with Crippen LogP contribution < -0.4 is 10.1 Å². The summed E-state index contributed by atoms with van der Waals surface area (Å²) in [5.74, 6) is -0.420. The van der Waals surface area contributed by atoms with Crippen LogP contribution in [0.2, 0.25) is 0 Å². The Labute approximate surface area is 123 Å². The predicted molar refractivity (Wildman–Crippen MR) is 75.3 cm³/mol. The molecule has 0 aromatic heterocycles. The molecular weight excluding hydrogens is 278 g/mol. The molecule has 0 unspecified atom stereocenters. The van der Waals surface area contributed by atoms with E-state index in [1.807, 2.05) is 0 Å². The average molecular weight is 297 g/mol. The number of hydrogen-bond acceptors (Lipinski definition) is 6. The summed E-state index contributed by atoms with van der Waals surface area (Å²) in [7, 11) is 3.07. The number of nitrogens with one attached hydrogen (secondary N) is 1. The highest BCUT2D eigenvalue weighted by Gasteiger charge is 2.08. The fourth-order valence-electron chi connectivity index (χ4n) is 1.38. The van der Waals surface area contributed by atoms with Crippen LogP contribution in [0.5, 0.6) is 5.75 Å². The van der Waals surface area contributed by atoms with Gasteiger partial charge in [-0.3, -0.25) is 4.79 Å². The van der Waals surface area contributed by atoms with Gasteiger partial charge in [0.15, 0.2) is 6.61 Å². The molecule has 0 atom stereocenters. The Bertz CT molecular complexity index is 463. The second kappa shape index (κ2) is 9.73. The molecule has 0 bridgehead atoms. The molecule has 116 valence electrons. The second-order valence-corrected chi connectivity index (χ2v) is 3.99. The molecule has 0 aliphatic heterocycles. The standard InChI is InChI=1S/C14H19NO6/c1-18-6-7-20-10-14(17)21-9-13(16)15-11-4-3-5-12(8-11)19-2/h3-5,8H,6-7,9-10H2,1-2H3,(H,15,16). The first-order valence-corrected chi connectivity index (χ1v) is 6.32. The van der Waals surface area contributed by atoms with Gasteiger partial charge in [0.1, 0.15) is 12.4 Å². The maximum atomic E-state index is 11.6. The van der Waals surface area contributed by atoms with E-state index in [4.69, 9.17) is 18.9 Å². The Balaban J connectivity index is 2.25. The summed E-state index contributed by atoms with van der Waals surface area (Å²) >= 11 is 0. The molecule has 0 saturated carbocycles. The molecule has 0 fully saturated rings. The van der Waals surface area contributed by atoms with Gasteiger partial charge in [-0.1, -0.05) is 6.07 Å². The van der Waals surface area contributed by atoms with Crippen molar-refractivity contribution in [2.45, 2.75) is 0 Å². The zero-order chi connectivity index (χ0) is 15.5. The highest BCUT2D eigenvalue weighted by molar-refractivity contribution is 5.93. The fourth-order valence-corrected chi connectivity index (χ4v) is 1.38. The van der Waals surface area contributed by atoms with Gasteiger partial charge >= 0.3 is 5.97 Å².